The molecule has 0 unspecified atom stereocenters. The second-order valence-corrected chi connectivity index (χ2v) is 7.12. The molecule has 0 radical (unpaired) electrons. The van der Waals surface area contributed by atoms with E-state index in [1.54, 1.807) is 25.3 Å². The maximum Gasteiger partial charge on any atom is 0.257 e. The molecule has 0 spiro atoms. The molecule has 1 N–H and O–H groups in total. The van der Waals surface area contributed by atoms with Crippen LogP contribution in [0.25, 0.3) is 0 Å². The average molecular weight is 365 g/mol. The number of hydrogen-bond acceptors (Lipinski definition) is 4. The molecule has 0 aliphatic carbocycles. The van der Waals surface area contributed by atoms with Crippen LogP contribution in [0.5, 0.6) is 5.75 Å². The summed E-state index contributed by atoms with van der Waals surface area (Å²) in [4.78, 5) is 29.6. The fraction of sp³-hybridized carbons (Fsp3) is 0.333. The predicted octanol–water partition coefficient (Wildman–Crippen LogP) is 3.27. The molecule has 0 bridgehead atoms. The molecule has 27 heavy (non-hydrogen) atoms. The Labute approximate surface area is 158 Å². The second-order valence-electron chi connectivity index (χ2n) is 7.12. The van der Waals surface area contributed by atoms with Crippen molar-refractivity contribution in [1.29, 1.82) is 0 Å². The monoisotopic (exact) mass is 365 g/mol. The summed E-state index contributed by atoms with van der Waals surface area (Å²) in [6.07, 6.45) is 2.05. The normalized spacial score (nSPS) is 18.2. The Kier molecular flexibility index (Phi) is 4.26. The Morgan fingerprint density at radius 2 is 2.04 bits per heavy atom. The van der Waals surface area contributed by atoms with Crippen LogP contribution in [0.15, 0.2) is 36.4 Å². The van der Waals surface area contributed by atoms with Gasteiger partial charge in [0.05, 0.1) is 24.0 Å². The molecule has 1 atom stereocenters. The van der Waals surface area contributed by atoms with Crippen LogP contribution < -0.4 is 15.0 Å². The van der Waals surface area contributed by atoms with Gasteiger partial charge in [0, 0.05) is 19.2 Å². The molecule has 4 rings (SSSR count). The SMILES string of the molecule is COc1ccc(C)cc1NC(=O)c1ccc2c(c1)N(C)[C@@H]1CCCN1C2=O. The van der Waals surface area contributed by atoms with Crippen molar-refractivity contribution in [2.24, 2.45) is 0 Å². The van der Waals surface area contributed by atoms with Crippen LogP contribution in [0.1, 0.15) is 39.1 Å². The minimum atomic E-state index is -0.226. The zero-order valence-electron chi connectivity index (χ0n) is 15.8. The standard InChI is InChI=1S/C21H23N3O3/c1-13-6-9-18(27-3)16(11-13)22-20(25)14-7-8-15-17(12-14)23(2)19-5-4-10-24(19)21(15)26/h6-9,11-12,19H,4-5,10H2,1-3H3,(H,22,25)/t19-/m0/s1. The third kappa shape index (κ3) is 2.91. The maximum atomic E-state index is 12.8. The lowest BCUT2D eigenvalue weighted by atomic mass is 10.0. The average Bonchev–Trinajstić information content (AvgIpc) is 3.16. The molecule has 2 heterocycles. The minimum Gasteiger partial charge on any atom is -0.495 e. The van der Waals surface area contributed by atoms with Gasteiger partial charge in [-0.05, 0) is 55.7 Å². The van der Waals surface area contributed by atoms with Crippen molar-refractivity contribution in [3.8, 4) is 5.75 Å². The van der Waals surface area contributed by atoms with Crippen LogP contribution in [0.4, 0.5) is 11.4 Å². The number of ether oxygens (including phenoxy) is 1. The highest BCUT2D eigenvalue weighted by molar-refractivity contribution is 6.08. The molecule has 6 heteroatoms. The number of carbonyl (C=O) groups is 2. The number of aryl methyl sites for hydroxylation is 1. The molecule has 140 valence electrons. The topological polar surface area (TPSA) is 61.9 Å². The van der Waals surface area contributed by atoms with Crippen molar-refractivity contribution >= 4 is 23.2 Å². The van der Waals surface area contributed by atoms with Crippen molar-refractivity contribution in [3.05, 3.63) is 53.1 Å². The molecule has 2 aliphatic rings. The van der Waals surface area contributed by atoms with Gasteiger partial charge < -0.3 is 19.9 Å². The number of carbonyl (C=O) groups excluding carboxylic acids is 2. The molecule has 2 aromatic rings. The second kappa shape index (κ2) is 6.61. The highest BCUT2D eigenvalue weighted by atomic mass is 16.5. The third-order valence-electron chi connectivity index (χ3n) is 5.40. The van der Waals surface area contributed by atoms with Gasteiger partial charge in [-0.2, -0.15) is 0 Å². The Morgan fingerprint density at radius 1 is 1.22 bits per heavy atom. The van der Waals surface area contributed by atoms with Gasteiger partial charge >= 0.3 is 0 Å². The zero-order valence-corrected chi connectivity index (χ0v) is 15.8. The Morgan fingerprint density at radius 3 is 2.81 bits per heavy atom. The molecule has 2 aliphatic heterocycles. The number of anilines is 2. The number of fused-ring (bicyclic) bond motifs is 2. The fourth-order valence-corrected chi connectivity index (χ4v) is 3.96. The number of nitrogens with one attached hydrogen (secondary N) is 1. The highest BCUT2D eigenvalue weighted by Crippen LogP contribution is 2.35. The molecule has 1 fully saturated rings. The van der Waals surface area contributed by atoms with E-state index in [9.17, 15) is 9.59 Å². The molecule has 2 amide bonds. The molecular formula is C21H23N3O3. The van der Waals surface area contributed by atoms with E-state index in [1.807, 2.05) is 37.1 Å². The van der Waals surface area contributed by atoms with E-state index in [1.165, 1.54) is 0 Å². The van der Waals surface area contributed by atoms with Gasteiger partial charge in [-0.25, -0.2) is 0 Å². The van der Waals surface area contributed by atoms with Crippen molar-refractivity contribution in [2.75, 3.05) is 30.9 Å². The van der Waals surface area contributed by atoms with E-state index in [-0.39, 0.29) is 18.0 Å². The number of methoxy groups -OCH3 is 1. The number of rotatable bonds is 3. The van der Waals surface area contributed by atoms with Gasteiger partial charge in [0.25, 0.3) is 11.8 Å². The number of hydrogen-bond donors (Lipinski definition) is 1. The van der Waals surface area contributed by atoms with Crippen LogP contribution in [0.2, 0.25) is 0 Å². The number of benzene rings is 2. The first-order valence-corrected chi connectivity index (χ1v) is 9.13. The lowest BCUT2D eigenvalue weighted by Gasteiger charge is -2.40. The molecule has 0 saturated carbocycles. The van der Waals surface area contributed by atoms with E-state index < -0.39 is 0 Å². The summed E-state index contributed by atoms with van der Waals surface area (Å²) in [7, 11) is 3.56. The van der Waals surface area contributed by atoms with Gasteiger partial charge in [0.1, 0.15) is 11.9 Å². The van der Waals surface area contributed by atoms with E-state index in [4.69, 9.17) is 4.74 Å². The first-order chi connectivity index (χ1) is 13.0. The van der Waals surface area contributed by atoms with Crippen LogP contribution in [0.3, 0.4) is 0 Å². The van der Waals surface area contributed by atoms with Crippen molar-refractivity contribution in [3.63, 3.8) is 0 Å². The Bertz CT molecular complexity index is 925. The van der Waals surface area contributed by atoms with Gasteiger partial charge in [0.2, 0.25) is 0 Å². The smallest absolute Gasteiger partial charge is 0.257 e. The van der Waals surface area contributed by atoms with Crippen molar-refractivity contribution < 1.29 is 14.3 Å². The summed E-state index contributed by atoms with van der Waals surface area (Å²) >= 11 is 0. The summed E-state index contributed by atoms with van der Waals surface area (Å²) in [6, 6.07) is 10.9. The molecular weight excluding hydrogens is 342 g/mol. The minimum absolute atomic E-state index is 0.0536. The van der Waals surface area contributed by atoms with Crippen LogP contribution in [-0.4, -0.2) is 43.6 Å². The van der Waals surface area contributed by atoms with Crippen molar-refractivity contribution in [1.82, 2.24) is 4.90 Å². The zero-order chi connectivity index (χ0) is 19.1. The number of amides is 2. The molecule has 2 aromatic carbocycles. The predicted molar refractivity (Wildman–Crippen MR) is 105 cm³/mol. The number of nitrogens with zero attached hydrogens (tertiary/aromatic N) is 2. The van der Waals surface area contributed by atoms with E-state index in [0.29, 0.717) is 22.6 Å². The first kappa shape index (κ1) is 17.4. The van der Waals surface area contributed by atoms with Gasteiger partial charge in [-0.15, -0.1) is 0 Å². The van der Waals surface area contributed by atoms with Crippen LogP contribution in [-0.2, 0) is 0 Å². The first-order valence-electron chi connectivity index (χ1n) is 9.13. The van der Waals surface area contributed by atoms with Crippen molar-refractivity contribution in [2.45, 2.75) is 25.9 Å². The van der Waals surface area contributed by atoms with E-state index >= 15 is 0 Å². The van der Waals surface area contributed by atoms with Gasteiger partial charge in [0.15, 0.2) is 0 Å². The van der Waals surface area contributed by atoms with Gasteiger partial charge in [-0.3, -0.25) is 9.59 Å². The quantitative estimate of drug-likeness (QED) is 0.907. The van der Waals surface area contributed by atoms with Gasteiger partial charge in [-0.1, -0.05) is 6.07 Å². The lowest BCUT2D eigenvalue weighted by molar-refractivity contribution is 0.0719. The molecule has 0 aromatic heterocycles. The van der Waals surface area contributed by atoms with E-state index in [2.05, 4.69) is 10.2 Å². The highest BCUT2D eigenvalue weighted by Gasteiger charge is 2.38. The van der Waals surface area contributed by atoms with Crippen LogP contribution >= 0.6 is 0 Å². The molecule has 6 nitrogen and oxygen atoms in total. The Balaban J connectivity index is 1.65. The summed E-state index contributed by atoms with van der Waals surface area (Å²) in [6.45, 7) is 2.75. The fourth-order valence-electron chi connectivity index (χ4n) is 3.96. The Hall–Kier alpha value is -3.02. The van der Waals surface area contributed by atoms with Crippen LogP contribution in [0, 0.1) is 6.92 Å². The molecule has 1 saturated heterocycles. The summed E-state index contributed by atoms with van der Waals surface area (Å²) in [5.41, 5.74) is 3.64. The summed E-state index contributed by atoms with van der Waals surface area (Å²) < 4.78 is 5.33. The maximum absolute atomic E-state index is 12.8. The third-order valence-corrected chi connectivity index (χ3v) is 5.40. The van der Waals surface area contributed by atoms with E-state index in [0.717, 1.165) is 30.6 Å². The summed E-state index contributed by atoms with van der Waals surface area (Å²) in [5.74, 6) is 0.440. The lowest BCUT2D eigenvalue weighted by Crippen LogP contribution is -2.50. The summed E-state index contributed by atoms with van der Waals surface area (Å²) in [5, 5.41) is 2.92. The largest absolute Gasteiger partial charge is 0.495 e.